The Kier molecular flexibility index (Phi) is 10.8. The molecule has 0 spiro atoms. The number of hydrogen-bond acceptors (Lipinski definition) is 7. The molecule has 3 rings (SSSR count). The van der Waals surface area contributed by atoms with Gasteiger partial charge in [-0.1, -0.05) is 57.7 Å². The molecule has 0 aliphatic carbocycles. The number of benzene rings is 1. The van der Waals surface area contributed by atoms with Gasteiger partial charge in [0.05, 0.1) is 11.6 Å². The lowest BCUT2D eigenvalue weighted by Gasteiger charge is -2.28. The number of nitrogens with one attached hydrogen (secondary N) is 2. The summed E-state index contributed by atoms with van der Waals surface area (Å²) in [6.45, 7) is 6.87. The predicted molar refractivity (Wildman–Crippen MR) is 148 cm³/mol. The van der Waals surface area contributed by atoms with Crippen LogP contribution in [0.1, 0.15) is 64.9 Å². The molecule has 38 heavy (non-hydrogen) atoms. The topological polar surface area (TPSA) is 119 Å². The first kappa shape index (κ1) is 29.3. The molecule has 0 unspecified atom stereocenters. The Balaban J connectivity index is 1.78. The third-order valence-electron chi connectivity index (χ3n) is 6.58. The number of rotatable bonds is 14. The van der Waals surface area contributed by atoms with Crippen molar-refractivity contribution in [2.75, 3.05) is 13.7 Å². The molecule has 0 aliphatic heterocycles. The van der Waals surface area contributed by atoms with E-state index >= 15 is 0 Å². The number of aromatic nitrogens is 4. The maximum atomic E-state index is 12.8. The monoisotopic (exact) mass is 541 g/mol. The Labute approximate surface area is 228 Å². The molecule has 1 aromatic carbocycles. The number of carbonyl (C=O) groups excluding carboxylic acids is 1. The van der Waals surface area contributed by atoms with E-state index in [1.165, 1.54) is 12.8 Å². The average molecular weight is 542 g/mol. The summed E-state index contributed by atoms with van der Waals surface area (Å²) in [4.78, 5) is 40.7. The van der Waals surface area contributed by atoms with E-state index in [2.05, 4.69) is 32.2 Å². The maximum Gasteiger partial charge on any atom is 0.348 e. The Morgan fingerprint density at radius 1 is 1.08 bits per heavy atom. The van der Waals surface area contributed by atoms with E-state index in [-0.39, 0.29) is 24.1 Å². The minimum Gasteiger partial charge on any atom is -0.478 e. The highest BCUT2D eigenvalue weighted by molar-refractivity contribution is 6.33. The van der Waals surface area contributed by atoms with Gasteiger partial charge in [0.15, 0.2) is 5.82 Å². The predicted octanol–water partition coefficient (Wildman–Crippen LogP) is 5.33. The standard InChI is InChI=1S/C28H36ClN5O4/c1-5-8-9-10-15-38-23-14-12-20(18-30-23)24-32-25(34-27(36)33-24)21-16-19(11-13-22(21)29)17-31-26(35)28(6-2,7-3)37-4/h11-14,16,18H,5-10,15,17H2,1-4H3,(H,31,35)(H,32,33,34,36). The van der Waals surface area contributed by atoms with Gasteiger partial charge in [-0.2, -0.15) is 4.98 Å². The summed E-state index contributed by atoms with van der Waals surface area (Å²) < 4.78 is 11.2. The van der Waals surface area contributed by atoms with Crippen molar-refractivity contribution in [3.63, 3.8) is 0 Å². The van der Waals surface area contributed by atoms with Crippen LogP contribution in [0.5, 0.6) is 5.88 Å². The molecular weight excluding hydrogens is 506 g/mol. The van der Waals surface area contributed by atoms with Crippen molar-refractivity contribution >= 4 is 17.5 Å². The van der Waals surface area contributed by atoms with Gasteiger partial charge >= 0.3 is 5.69 Å². The zero-order valence-corrected chi connectivity index (χ0v) is 23.2. The zero-order chi connectivity index (χ0) is 27.5. The number of H-pyrrole nitrogens is 1. The van der Waals surface area contributed by atoms with E-state index in [0.717, 1.165) is 18.4 Å². The lowest BCUT2D eigenvalue weighted by Crippen LogP contribution is -2.47. The van der Waals surface area contributed by atoms with Crippen molar-refractivity contribution in [2.45, 2.75) is 71.4 Å². The Hall–Kier alpha value is -3.30. The van der Waals surface area contributed by atoms with Crippen LogP contribution in [0.4, 0.5) is 0 Å². The van der Waals surface area contributed by atoms with Crippen LogP contribution in [0.15, 0.2) is 41.3 Å². The molecule has 0 radical (unpaired) electrons. The van der Waals surface area contributed by atoms with E-state index in [1.807, 2.05) is 19.9 Å². The second-order valence-electron chi connectivity index (χ2n) is 9.02. The first-order chi connectivity index (χ1) is 18.4. The van der Waals surface area contributed by atoms with Gasteiger partial charge in [0.1, 0.15) is 11.4 Å². The maximum absolute atomic E-state index is 12.8. The summed E-state index contributed by atoms with van der Waals surface area (Å²) in [5, 5.41) is 3.34. The molecule has 2 N–H and O–H groups in total. The number of ether oxygens (including phenoxy) is 2. The van der Waals surface area contributed by atoms with Gasteiger partial charge in [-0.15, -0.1) is 0 Å². The summed E-state index contributed by atoms with van der Waals surface area (Å²) >= 11 is 6.47. The molecule has 3 aromatic rings. The van der Waals surface area contributed by atoms with Crippen LogP contribution in [0, 0.1) is 0 Å². The largest absolute Gasteiger partial charge is 0.478 e. The fourth-order valence-corrected chi connectivity index (χ4v) is 4.31. The zero-order valence-electron chi connectivity index (χ0n) is 22.5. The first-order valence-electron chi connectivity index (χ1n) is 13.1. The number of methoxy groups -OCH3 is 1. The van der Waals surface area contributed by atoms with Crippen LogP contribution in [0.25, 0.3) is 22.8 Å². The molecule has 0 aliphatic rings. The highest BCUT2D eigenvalue weighted by Gasteiger charge is 2.34. The average Bonchev–Trinajstić information content (AvgIpc) is 2.93. The third kappa shape index (κ3) is 7.39. The van der Waals surface area contributed by atoms with Crippen LogP contribution < -0.4 is 15.7 Å². The Bertz CT molecular complexity index is 1250. The minimum atomic E-state index is -0.869. The van der Waals surface area contributed by atoms with Crippen molar-refractivity contribution in [1.82, 2.24) is 25.3 Å². The fourth-order valence-electron chi connectivity index (χ4n) is 4.10. The summed E-state index contributed by atoms with van der Waals surface area (Å²) in [7, 11) is 1.54. The number of aromatic amines is 1. The lowest BCUT2D eigenvalue weighted by molar-refractivity contribution is -0.144. The molecule has 10 heteroatoms. The molecule has 1 amide bonds. The van der Waals surface area contributed by atoms with Crippen LogP contribution in [0.2, 0.25) is 5.02 Å². The lowest BCUT2D eigenvalue weighted by atomic mass is 9.96. The fraction of sp³-hybridized carbons (Fsp3) is 0.464. The quantitative estimate of drug-likeness (QED) is 0.265. The molecule has 9 nitrogen and oxygen atoms in total. The highest BCUT2D eigenvalue weighted by atomic mass is 35.5. The summed E-state index contributed by atoms with van der Waals surface area (Å²) in [5.74, 6) is 0.816. The van der Waals surface area contributed by atoms with Crippen molar-refractivity contribution < 1.29 is 14.3 Å². The number of hydrogen-bond donors (Lipinski definition) is 2. The van der Waals surface area contributed by atoms with Gasteiger partial charge in [-0.3, -0.25) is 9.78 Å². The van der Waals surface area contributed by atoms with E-state index in [4.69, 9.17) is 21.1 Å². The van der Waals surface area contributed by atoms with E-state index in [9.17, 15) is 9.59 Å². The van der Waals surface area contributed by atoms with E-state index in [0.29, 0.717) is 41.5 Å². The molecule has 204 valence electrons. The van der Waals surface area contributed by atoms with Gasteiger partial charge in [0, 0.05) is 37.0 Å². The van der Waals surface area contributed by atoms with Gasteiger partial charge in [-0.25, -0.2) is 14.8 Å². The third-order valence-corrected chi connectivity index (χ3v) is 6.91. The number of amides is 1. The van der Waals surface area contributed by atoms with Crippen molar-refractivity contribution in [2.24, 2.45) is 0 Å². The molecule has 2 aromatic heterocycles. The van der Waals surface area contributed by atoms with Gasteiger partial charge < -0.3 is 14.8 Å². The van der Waals surface area contributed by atoms with Crippen LogP contribution in [-0.4, -0.2) is 45.2 Å². The van der Waals surface area contributed by atoms with Crippen molar-refractivity contribution in [3.05, 3.63) is 57.6 Å². The molecule has 0 bridgehead atoms. The minimum absolute atomic E-state index is 0.180. The van der Waals surface area contributed by atoms with Gasteiger partial charge in [-0.05, 0) is 43.0 Å². The van der Waals surface area contributed by atoms with Crippen molar-refractivity contribution in [1.29, 1.82) is 0 Å². The molecular formula is C28H36ClN5O4. The number of nitrogens with zero attached hydrogens (tertiary/aromatic N) is 3. The second-order valence-corrected chi connectivity index (χ2v) is 9.43. The SMILES string of the molecule is CCCCCCOc1ccc(-c2nc(-c3cc(CNC(=O)C(CC)(CC)OC)ccc3Cl)[nH]c(=O)n2)cn1. The Morgan fingerprint density at radius 3 is 2.53 bits per heavy atom. The smallest absolute Gasteiger partial charge is 0.348 e. The van der Waals surface area contributed by atoms with Gasteiger partial charge in [0.25, 0.3) is 5.91 Å². The highest BCUT2D eigenvalue weighted by Crippen LogP contribution is 2.27. The van der Waals surface area contributed by atoms with Gasteiger partial charge in [0.2, 0.25) is 5.88 Å². The number of halogens is 1. The first-order valence-corrected chi connectivity index (χ1v) is 13.4. The van der Waals surface area contributed by atoms with Crippen LogP contribution in [0.3, 0.4) is 0 Å². The summed E-state index contributed by atoms with van der Waals surface area (Å²) in [6.07, 6.45) is 7.16. The van der Waals surface area contributed by atoms with Crippen LogP contribution in [-0.2, 0) is 16.1 Å². The van der Waals surface area contributed by atoms with Crippen LogP contribution >= 0.6 is 11.6 Å². The van der Waals surface area contributed by atoms with E-state index < -0.39 is 11.3 Å². The summed E-state index contributed by atoms with van der Waals surface area (Å²) in [6, 6.07) is 8.80. The normalized spacial score (nSPS) is 11.4. The molecule has 0 saturated heterocycles. The molecule has 0 fully saturated rings. The van der Waals surface area contributed by atoms with E-state index in [1.54, 1.807) is 37.6 Å². The molecule has 0 atom stereocenters. The Morgan fingerprint density at radius 2 is 1.87 bits per heavy atom. The molecule has 0 saturated carbocycles. The second kappa shape index (κ2) is 14.0. The molecule has 2 heterocycles. The summed E-state index contributed by atoms with van der Waals surface area (Å²) in [5.41, 5.74) is 0.449. The van der Waals surface area contributed by atoms with Crippen molar-refractivity contribution in [3.8, 4) is 28.7 Å². The number of carbonyl (C=O) groups is 1. The number of pyridine rings is 1. The number of unbranched alkanes of at least 4 members (excludes halogenated alkanes) is 3.